The van der Waals surface area contributed by atoms with Crippen LogP contribution in [-0.2, 0) is 24.6 Å². The first kappa shape index (κ1) is 16.2. The molecule has 2 atom stereocenters. The minimum atomic E-state index is -0.0138. The van der Waals surface area contributed by atoms with Gasteiger partial charge in [-0.25, -0.2) is 0 Å². The molecule has 4 nitrogen and oxygen atoms in total. The van der Waals surface area contributed by atoms with Crippen molar-refractivity contribution < 1.29 is 4.74 Å². The summed E-state index contributed by atoms with van der Waals surface area (Å²) in [4.78, 5) is 0. The van der Waals surface area contributed by atoms with E-state index in [-0.39, 0.29) is 17.6 Å². The Hall–Kier alpha value is -0.870. The molecule has 2 N–H and O–H groups in total. The van der Waals surface area contributed by atoms with Gasteiger partial charge in [-0.2, -0.15) is 5.10 Å². The Morgan fingerprint density at radius 1 is 1.37 bits per heavy atom. The highest BCUT2D eigenvalue weighted by Crippen LogP contribution is 2.25. The van der Waals surface area contributed by atoms with Crippen LogP contribution in [0.15, 0.2) is 6.07 Å². The Labute approximate surface area is 117 Å². The third-order valence-electron chi connectivity index (χ3n) is 3.42. The van der Waals surface area contributed by atoms with E-state index in [0.29, 0.717) is 6.61 Å². The van der Waals surface area contributed by atoms with Crippen molar-refractivity contribution in [3.05, 3.63) is 17.5 Å². The minimum absolute atomic E-state index is 0.0138. The van der Waals surface area contributed by atoms with Crippen molar-refractivity contribution >= 4 is 0 Å². The highest BCUT2D eigenvalue weighted by molar-refractivity contribution is 5.12. The molecule has 0 aliphatic carbocycles. The molecule has 1 rings (SSSR count). The van der Waals surface area contributed by atoms with E-state index in [1.54, 1.807) is 0 Å². The fourth-order valence-electron chi connectivity index (χ4n) is 2.48. The summed E-state index contributed by atoms with van der Waals surface area (Å²) in [5, 5.41) is 4.47. The molecule has 0 saturated carbocycles. The molecule has 0 fully saturated rings. The van der Waals surface area contributed by atoms with Crippen molar-refractivity contribution in [2.45, 2.75) is 59.6 Å². The molecule has 1 aromatic rings. The standard InChI is InChI=1S/C15H29N3O/c1-7-11-9-12(18(6)17-11)10-13(16)14(19-8-2)15(3,4)5/h9,13-14H,7-8,10,16H2,1-6H3. The summed E-state index contributed by atoms with van der Waals surface area (Å²) in [6.07, 6.45) is 1.81. The zero-order chi connectivity index (χ0) is 14.6. The van der Waals surface area contributed by atoms with Crippen molar-refractivity contribution in [1.82, 2.24) is 9.78 Å². The van der Waals surface area contributed by atoms with Crippen LogP contribution in [0.3, 0.4) is 0 Å². The molecule has 0 aliphatic heterocycles. The first-order valence-corrected chi connectivity index (χ1v) is 7.18. The van der Waals surface area contributed by atoms with Gasteiger partial charge in [-0.1, -0.05) is 27.7 Å². The maximum atomic E-state index is 6.38. The van der Waals surface area contributed by atoms with E-state index in [2.05, 4.69) is 38.9 Å². The van der Waals surface area contributed by atoms with Crippen molar-refractivity contribution in [3.8, 4) is 0 Å². The van der Waals surface area contributed by atoms with E-state index < -0.39 is 0 Å². The Kier molecular flexibility index (Phi) is 5.56. The zero-order valence-corrected chi connectivity index (χ0v) is 13.2. The number of aromatic nitrogens is 2. The molecule has 0 radical (unpaired) electrons. The van der Waals surface area contributed by atoms with Crippen LogP contribution >= 0.6 is 0 Å². The third kappa shape index (κ3) is 4.32. The van der Waals surface area contributed by atoms with Crippen molar-refractivity contribution in [2.24, 2.45) is 18.2 Å². The average molecular weight is 267 g/mol. The lowest BCUT2D eigenvalue weighted by molar-refractivity contribution is -0.0277. The lowest BCUT2D eigenvalue weighted by atomic mass is 9.83. The number of rotatable bonds is 6. The van der Waals surface area contributed by atoms with Gasteiger partial charge in [0.2, 0.25) is 0 Å². The first-order valence-electron chi connectivity index (χ1n) is 7.18. The first-order chi connectivity index (χ1) is 8.79. The smallest absolute Gasteiger partial charge is 0.0777 e. The molecule has 1 heterocycles. The van der Waals surface area contributed by atoms with Crippen LogP contribution in [0.5, 0.6) is 0 Å². The number of nitrogens with zero attached hydrogens (tertiary/aromatic N) is 2. The molecule has 0 aliphatic rings. The van der Waals surface area contributed by atoms with Crippen LogP contribution in [0, 0.1) is 5.41 Å². The molecule has 110 valence electrons. The number of aryl methyl sites for hydroxylation is 2. The molecular formula is C15H29N3O. The Bertz CT molecular complexity index is 393. The molecule has 2 unspecified atom stereocenters. The van der Waals surface area contributed by atoms with Crippen molar-refractivity contribution in [1.29, 1.82) is 0 Å². The summed E-state index contributed by atoms with van der Waals surface area (Å²) >= 11 is 0. The molecule has 1 aromatic heterocycles. The van der Waals surface area contributed by atoms with Gasteiger partial charge in [0, 0.05) is 31.8 Å². The highest BCUT2D eigenvalue weighted by atomic mass is 16.5. The molecule has 4 heteroatoms. The van der Waals surface area contributed by atoms with E-state index in [4.69, 9.17) is 10.5 Å². The van der Waals surface area contributed by atoms with Gasteiger partial charge in [0.1, 0.15) is 0 Å². The van der Waals surface area contributed by atoms with Crippen LogP contribution in [0.1, 0.15) is 46.0 Å². The lowest BCUT2D eigenvalue weighted by Crippen LogP contribution is -2.46. The fraction of sp³-hybridized carbons (Fsp3) is 0.800. The van der Waals surface area contributed by atoms with E-state index >= 15 is 0 Å². The maximum Gasteiger partial charge on any atom is 0.0777 e. The number of nitrogens with two attached hydrogens (primary N) is 1. The highest BCUT2D eigenvalue weighted by Gasteiger charge is 2.31. The van der Waals surface area contributed by atoms with Gasteiger partial charge >= 0.3 is 0 Å². The third-order valence-corrected chi connectivity index (χ3v) is 3.42. The van der Waals surface area contributed by atoms with Crippen LogP contribution in [0.4, 0.5) is 0 Å². The zero-order valence-electron chi connectivity index (χ0n) is 13.2. The summed E-state index contributed by atoms with van der Waals surface area (Å²) in [7, 11) is 1.98. The summed E-state index contributed by atoms with van der Waals surface area (Å²) in [5.74, 6) is 0. The summed E-state index contributed by atoms with van der Waals surface area (Å²) in [6.45, 7) is 11.4. The van der Waals surface area contributed by atoms with E-state index in [9.17, 15) is 0 Å². The SMILES string of the molecule is CCOC(C(N)Cc1cc(CC)nn1C)C(C)(C)C. The van der Waals surface area contributed by atoms with Gasteiger partial charge in [0.25, 0.3) is 0 Å². The van der Waals surface area contributed by atoms with Gasteiger partial charge in [-0.3, -0.25) is 4.68 Å². The predicted molar refractivity (Wildman–Crippen MR) is 79.1 cm³/mol. The largest absolute Gasteiger partial charge is 0.376 e. The second-order valence-electron chi connectivity index (χ2n) is 6.21. The topological polar surface area (TPSA) is 53.1 Å². The van der Waals surface area contributed by atoms with Gasteiger partial charge in [-0.15, -0.1) is 0 Å². The molecule has 0 bridgehead atoms. The summed E-state index contributed by atoms with van der Waals surface area (Å²) in [5.41, 5.74) is 8.72. The molecule has 0 spiro atoms. The van der Waals surface area contributed by atoms with Crippen LogP contribution in [-0.4, -0.2) is 28.5 Å². The Morgan fingerprint density at radius 3 is 2.42 bits per heavy atom. The van der Waals surface area contributed by atoms with Crippen molar-refractivity contribution in [2.75, 3.05) is 6.61 Å². The van der Waals surface area contributed by atoms with Crippen molar-refractivity contribution in [3.63, 3.8) is 0 Å². The van der Waals surface area contributed by atoms with E-state index in [1.807, 2.05) is 18.7 Å². The Morgan fingerprint density at radius 2 is 2.00 bits per heavy atom. The Balaban J connectivity index is 2.80. The predicted octanol–water partition coefficient (Wildman–Crippen LogP) is 2.30. The molecular weight excluding hydrogens is 238 g/mol. The quantitative estimate of drug-likeness (QED) is 0.860. The summed E-state index contributed by atoms with van der Waals surface area (Å²) in [6, 6.07) is 2.13. The van der Waals surface area contributed by atoms with Gasteiger partial charge in [-0.05, 0) is 24.8 Å². The number of ether oxygens (including phenoxy) is 1. The van der Waals surface area contributed by atoms with Gasteiger partial charge in [0.05, 0.1) is 11.8 Å². The molecule has 0 aromatic carbocycles. The van der Waals surface area contributed by atoms with Crippen LogP contribution in [0.25, 0.3) is 0 Å². The van der Waals surface area contributed by atoms with Gasteiger partial charge < -0.3 is 10.5 Å². The summed E-state index contributed by atoms with van der Waals surface area (Å²) < 4.78 is 7.79. The van der Waals surface area contributed by atoms with E-state index in [0.717, 1.165) is 18.5 Å². The average Bonchev–Trinajstić information content (AvgIpc) is 2.65. The minimum Gasteiger partial charge on any atom is -0.376 e. The molecule has 19 heavy (non-hydrogen) atoms. The molecule has 0 amide bonds. The van der Waals surface area contributed by atoms with Crippen LogP contribution < -0.4 is 5.73 Å². The van der Waals surface area contributed by atoms with Crippen LogP contribution in [0.2, 0.25) is 0 Å². The van der Waals surface area contributed by atoms with E-state index in [1.165, 1.54) is 5.69 Å². The second-order valence-corrected chi connectivity index (χ2v) is 6.21. The normalized spacial score (nSPS) is 15.5. The number of hydrogen-bond acceptors (Lipinski definition) is 3. The van der Waals surface area contributed by atoms with Gasteiger partial charge in [0.15, 0.2) is 0 Å². The lowest BCUT2D eigenvalue weighted by Gasteiger charge is -2.35. The second kappa shape index (κ2) is 6.53. The monoisotopic (exact) mass is 267 g/mol. The maximum absolute atomic E-state index is 6.38. The fourth-order valence-corrected chi connectivity index (χ4v) is 2.48. The number of hydrogen-bond donors (Lipinski definition) is 1. The molecule has 0 saturated heterocycles.